The quantitative estimate of drug-likeness (QED) is 0.166. The Labute approximate surface area is 244 Å². The van der Waals surface area contributed by atoms with Crippen molar-refractivity contribution < 1.29 is 27.5 Å². The average Bonchev–Trinajstić information content (AvgIpc) is 2.97. The van der Waals surface area contributed by atoms with Crippen LogP contribution in [0.2, 0.25) is 0 Å². The van der Waals surface area contributed by atoms with Gasteiger partial charge in [0.05, 0.1) is 5.56 Å². The minimum atomic E-state index is -4.48. The molecular weight excluding hydrogens is 545 g/mol. The number of piperidine rings is 1. The van der Waals surface area contributed by atoms with Crippen molar-refractivity contribution in [3.05, 3.63) is 95.0 Å². The lowest BCUT2D eigenvalue weighted by Crippen LogP contribution is -2.49. The van der Waals surface area contributed by atoms with Gasteiger partial charge in [0.2, 0.25) is 0 Å². The number of carbonyl (C=O) groups excluding carboxylic acids is 2. The van der Waals surface area contributed by atoms with E-state index in [0.717, 1.165) is 60.6 Å². The van der Waals surface area contributed by atoms with Gasteiger partial charge in [-0.3, -0.25) is 14.6 Å². The average molecular weight is 581 g/mol. The van der Waals surface area contributed by atoms with Crippen LogP contribution in [0.5, 0.6) is 0 Å². The lowest BCUT2D eigenvalue weighted by molar-refractivity contribution is -0.139. The second kappa shape index (κ2) is 13.7. The van der Waals surface area contributed by atoms with Crippen molar-refractivity contribution in [2.75, 3.05) is 18.4 Å². The van der Waals surface area contributed by atoms with Gasteiger partial charge < -0.3 is 19.9 Å². The number of rotatable bonds is 10. The van der Waals surface area contributed by atoms with E-state index >= 15 is 0 Å². The van der Waals surface area contributed by atoms with Crippen molar-refractivity contribution in [2.45, 2.75) is 58.4 Å². The van der Waals surface area contributed by atoms with Crippen LogP contribution in [0.15, 0.2) is 72.8 Å². The molecule has 0 bridgehead atoms. The summed E-state index contributed by atoms with van der Waals surface area (Å²) in [7, 11) is 0. The van der Waals surface area contributed by atoms with Crippen molar-refractivity contribution in [1.29, 1.82) is 0 Å². The molecule has 1 amide bonds. The van der Waals surface area contributed by atoms with E-state index in [9.17, 15) is 22.8 Å². The molecule has 0 atom stereocenters. The number of hydrogen-bond acceptors (Lipinski definition) is 6. The van der Waals surface area contributed by atoms with Crippen molar-refractivity contribution in [1.82, 2.24) is 14.8 Å². The topological polar surface area (TPSA) is 74.8 Å². The Morgan fingerprint density at radius 1 is 1.14 bits per heavy atom. The van der Waals surface area contributed by atoms with E-state index in [1.807, 2.05) is 37.3 Å². The number of ether oxygens (including phenoxy) is 1. The minimum absolute atomic E-state index is 0.127. The van der Waals surface area contributed by atoms with E-state index in [1.165, 1.54) is 18.2 Å². The number of amides is 1. The summed E-state index contributed by atoms with van der Waals surface area (Å²) in [6.07, 6.45) is 1.76. The summed E-state index contributed by atoms with van der Waals surface area (Å²) in [6, 6.07) is 14.2. The van der Waals surface area contributed by atoms with Crippen LogP contribution in [0.1, 0.15) is 48.9 Å². The summed E-state index contributed by atoms with van der Waals surface area (Å²) in [5, 5.41) is 3.39. The van der Waals surface area contributed by atoms with Crippen LogP contribution in [0.3, 0.4) is 0 Å². The molecule has 3 aromatic rings. The molecule has 2 aromatic carbocycles. The number of nitrogens with one attached hydrogen (secondary N) is 1. The molecule has 1 aromatic heterocycles. The first-order valence-corrected chi connectivity index (χ1v) is 13.9. The third-order valence-corrected chi connectivity index (χ3v) is 7.43. The largest absolute Gasteiger partial charge is 0.423 e. The number of carbonyl (C=O) groups is 2. The maximum atomic E-state index is 14.0. The highest BCUT2D eigenvalue weighted by molar-refractivity contribution is 5.97. The fourth-order valence-electron chi connectivity index (χ4n) is 5.05. The summed E-state index contributed by atoms with van der Waals surface area (Å²) >= 11 is 0. The molecule has 1 aliphatic heterocycles. The van der Waals surface area contributed by atoms with Gasteiger partial charge in [0.15, 0.2) is 5.76 Å². The summed E-state index contributed by atoms with van der Waals surface area (Å²) < 4.78 is 44.2. The highest BCUT2D eigenvalue weighted by Gasteiger charge is 2.32. The van der Waals surface area contributed by atoms with Crippen molar-refractivity contribution in [3.8, 4) is 0 Å². The Morgan fingerprint density at radius 3 is 2.48 bits per heavy atom. The van der Waals surface area contributed by atoms with Gasteiger partial charge in [-0.05, 0) is 86.7 Å². The molecule has 222 valence electrons. The number of halogens is 3. The Hall–Kier alpha value is -4.18. The molecule has 1 saturated heterocycles. The number of aryl methyl sites for hydroxylation is 1. The Kier molecular flexibility index (Phi) is 10.0. The molecule has 0 unspecified atom stereocenters. The number of pyridine rings is 1. The smallest absolute Gasteiger partial charge is 0.416 e. The lowest BCUT2D eigenvalue weighted by Gasteiger charge is -2.40. The summed E-state index contributed by atoms with van der Waals surface area (Å²) in [4.78, 5) is 33.6. The molecule has 42 heavy (non-hydrogen) atoms. The van der Waals surface area contributed by atoms with E-state index in [4.69, 9.17) is 4.74 Å². The number of hydrogen-bond donors (Lipinski definition) is 1. The molecule has 10 heteroatoms. The molecule has 2 heterocycles. The number of nitrogens with zero attached hydrogens (tertiary/aromatic N) is 3. The highest BCUT2D eigenvalue weighted by atomic mass is 19.4. The van der Waals surface area contributed by atoms with Gasteiger partial charge in [-0.15, -0.1) is 0 Å². The molecule has 7 nitrogen and oxygen atoms in total. The number of alkyl halides is 3. The molecule has 0 radical (unpaired) electrons. The fraction of sp³-hybridized carbons (Fsp3) is 0.344. The van der Waals surface area contributed by atoms with Crippen LogP contribution in [-0.2, 0) is 27.0 Å². The summed E-state index contributed by atoms with van der Waals surface area (Å²) in [5.41, 5.74) is 3.11. The normalized spacial score (nSPS) is 15.0. The number of likely N-dealkylation sites (tertiary alicyclic amines) is 1. The van der Waals surface area contributed by atoms with E-state index in [-0.39, 0.29) is 24.8 Å². The van der Waals surface area contributed by atoms with Gasteiger partial charge in [-0.2, -0.15) is 13.2 Å². The van der Waals surface area contributed by atoms with Crippen LogP contribution in [0, 0.1) is 6.92 Å². The van der Waals surface area contributed by atoms with E-state index < -0.39 is 17.6 Å². The van der Waals surface area contributed by atoms with Crippen LogP contribution in [-0.4, -0.2) is 52.3 Å². The van der Waals surface area contributed by atoms with E-state index in [1.54, 1.807) is 17.3 Å². The summed E-state index contributed by atoms with van der Waals surface area (Å²) in [5.74, 6) is -0.758. The van der Waals surface area contributed by atoms with Crippen LogP contribution >= 0.6 is 0 Å². The lowest BCUT2D eigenvalue weighted by atomic mass is 10.00. The van der Waals surface area contributed by atoms with E-state index in [2.05, 4.69) is 29.0 Å². The maximum Gasteiger partial charge on any atom is 0.416 e. The molecule has 0 aliphatic carbocycles. The standard InChI is InChI=1S/C32H35F3N4O3/c1-22(2)38-15-12-28(13-16-38)39(20-25-5-4-6-27(17-25)37-29-11-14-36-19-23(29)3)31(41)30(42-21-40)18-24-7-9-26(10-8-24)32(33,34)35/h4-11,14,17-19,21-22,28H,12-13,15-16,20H2,1-3H3,(H,36,37)/b30-18+. The Bertz CT molecular complexity index is 1400. The minimum Gasteiger partial charge on any atom is -0.423 e. The third kappa shape index (κ3) is 7.97. The maximum absolute atomic E-state index is 14.0. The van der Waals surface area contributed by atoms with Crippen LogP contribution in [0.25, 0.3) is 6.08 Å². The third-order valence-electron chi connectivity index (χ3n) is 7.43. The predicted octanol–water partition coefficient (Wildman–Crippen LogP) is 6.57. The first kappa shape index (κ1) is 30.8. The first-order valence-electron chi connectivity index (χ1n) is 13.9. The molecule has 4 rings (SSSR count). The van der Waals surface area contributed by atoms with Gasteiger partial charge in [0, 0.05) is 55.5 Å². The van der Waals surface area contributed by atoms with Gasteiger partial charge >= 0.3 is 6.18 Å². The first-order chi connectivity index (χ1) is 20.0. The Morgan fingerprint density at radius 2 is 1.86 bits per heavy atom. The molecule has 1 fully saturated rings. The summed E-state index contributed by atoms with van der Waals surface area (Å²) in [6.45, 7) is 8.26. The Balaban J connectivity index is 1.63. The van der Waals surface area contributed by atoms with Gasteiger partial charge in [0.25, 0.3) is 12.4 Å². The molecule has 1 aliphatic rings. The van der Waals surface area contributed by atoms with E-state index in [0.29, 0.717) is 11.6 Å². The van der Waals surface area contributed by atoms with Gasteiger partial charge in [-0.1, -0.05) is 24.3 Å². The number of benzene rings is 2. The van der Waals surface area contributed by atoms with Gasteiger partial charge in [0.1, 0.15) is 0 Å². The second-order valence-corrected chi connectivity index (χ2v) is 10.7. The van der Waals surface area contributed by atoms with Crippen molar-refractivity contribution >= 4 is 29.8 Å². The monoisotopic (exact) mass is 580 g/mol. The molecule has 0 spiro atoms. The number of anilines is 2. The number of aromatic nitrogens is 1. The predicted molar refractivity (Wildman–Crippen MR) is 156 cm³/mol. The van der Waals surface area contributed by atoms with Crippen LogP contribution < -0.4 is 5.32 Å². The molecule has 1 N–H and O–H groups in total. The highest BCUT2D eigenvalue weighted by Crippen LogP contribution is 2.30. The molecular formula is C32H35F3N4O3. The van der Waals surface area contributed by atoms with Crippen molar-refractivity contribution in [2.24, 2.45) is 0 Å². The zero-order chi connectivity index (χ0) is 30.3. The van der Waals surface area contributed by atoms with Crippen molar-refractivity contribution in [3.63, 3.8) is 0 Å². The SMILES string of the molecule is Cc1cnccc1Nc1cccc(CN(C(=O)/C(=C\c2ccc(C(F)(F)F)cc2)OC=O)C2CCN(C(C)C)CC2)c1. The fourth-order valence-corrected chi connectivity index (χ4v) is 5.05. The van der Waals surface area contributed by atoms with Crippen LogP contribution in [0.4, 0.5) is 24.5 Å². The zero-order valence-electron chi connectivity index (χ0n) is 23.9. The second-order valence-electron chi connectivity index (χ2n) is 10.7. The zero-order valence-corrected chi connectivity index (χ0v) is 23.9. The van der Waals surface area contributed by atoms with Gasteiger partial charge in [-0.25, -0.2) is 0 Å². The molecule has 0 saturated carbocycles.